The highest BCUT2D eigenvalue weighted by Gasteiger charge is 2.19. The van der Waals surface area contributed by atoms with Crippen LogP contribution >= 0.6 is 11.6 Å². The molecule has 0 fully saturated rings. The van der Waals surface area contributed by atoms with Crippen LogP contribution in [0.5, 0.6) is 11.5 Å². The van der Waals surface area contributed by atoms with Crippen LogP contribution in [-0.2, 0) is 10.0 Å². The van der Waals surface area contributed by atoms with Crippen LogP contribution in [0, 0.1) is 0 Å². The van der Waals surface area contributed by atoms with Crippen LogP contribution in [0.3, 0.4) is 0 Å². The van der Waals surface area contributed by atoms with Gasteiger partial charge in [0.1, 0.15) is 4.90 Å². The summed E-state index contributed by atoms with van der Waals surface area (Å²) in [5.41, 5.74) is 0.393. The van der Waals surface area contributed by atoms with E-state index in [1.807, 2.05) is 0 Å². The minimum Gasteiger partial charge on any atom is -0.490 e. The highest BCUT2D eigenvalue weighted by Crippen LogP contribution is 2.33. The van der Waals surface area contributed by atoms with E-state index in [1.165, 1.54) is 12.1 Å². The quantitative estimate of drug-likeness (QED) is 0.931. The summed E-state index contributed by atoms with van der Waals surface area (Å²) in [6.45, 7) is 1.12. The van der Waals surface area contributed by atoms with E-state index in [1.54, 1.807) is 30.3 Å². The zero-order valence-corrected chi connectivity index (χ0v) is 13.2. The zero-order chi connectivity index (χ0) is 15.6. The van der Waals surface area contributed by atoms with E-state index in [0.29, 0.717) is 30.4 Å². The second-order valence-corrected chi connectivity index (χ2v) is 6.81. The third kappa shape index (κ3) is 3.13. The minimum atomic E-state index is -3.76. The molecule has 2 aromatic rings. The normalized spacial score (nSPS) is 14.2. The summed E-state index contributed by atoms with van der Waals surface area (Å²) in [6.07, 6.45) is 0.787. The van der Waals surface area contributed by atoms with E-state index in [9.17, 15) is 8.42 Å². The van der Waals surface area contributed by atoms with Crippen LogP contribution in [0.4, 0.5) is 5.69 Å². The van der Waals surface area contributed by atoms with E-state index in [0.717, 1.165) is 6.42 Å². The van der Waals surface area contributed by atoms with Crippen molar-refractivity contribution in [1.29, 1.82) is 0 Å². The van der Waals surface area contributed by atoms with Crippen molar-refractivity contribution < 1.29 is 17.9 Å². The molecule has 0 amide bonds. The van der Waals surface area contributed by atoms with Crippen molar-refractivity contribution in [2.24, 2.45) is 0 Å². The van der Waals surface area contributed by atoms with Gasteiger partial charge in [-0.1, -0.05) is 23.7 Å². The molecule has 116 valence electrons. The summed E-state index contributed by atoms with van der Waals surface area (Å²) in [5.74, 6) is 1.13. The second kappa shape index (κ2) is 6.06. The summed E-state index contributed by atoms with van der Waals surface area (Å²) >= 11 is 5.95. The Bertz CT molecular complexity index is 792. The molecule has 7 heteroatoms. The number of anilines is 1. The number of rotatable bonds is 3. The first-order valence-corrected chi connectivity index (χ1v) is 8.59. The Morgan fingerprint density at radius 3 is 2.50 bits per heavy atom. The number of hydrogen-bond donors (Lipinski definition) is 1. The molecule has 0 aliphatic carbocycles. The van der Waals surface area contributed by atoms with E-state index >= 15 is 0 Å². The van der Waals surface area contributed by atoms with Gasteiger partial charge in [0, 0.05) is 12.5 Å². The Balaban J connectivity index is 1.90. The first kappa shape index (κ1) is 15.0. The smallest absolute Gasteiger partial charge is 0.263 e. The fraction of sp³-hybridized carbons (Fsp3) is 0.200. The molecule has 1 N–H and O–H groups in total. The number of hydrogen-bond acceptors (Lipinski definition) is 4. The van der Waals surface area contributed by atoms with Gasteiger partial charge in [-0.15, -0.1) is 0 Å². The fourth-order valence-corrected chi connectivity index (χ4v) is 3.67. The zero-order valence-electron chi connectivity index (χ0n) is 11.6. The number of nitrogens with one attached hydrogen (secondary N) is 1. The molecular formula is C15H14ClNO4S. The second-order valence-electron chi connectivity index (χ2n) is 4.75. The topological polar surface area (TPSA) is 64.6 Å². The van der Waals surface area contributed by atoms with Crippen LogP contribution in [0.1, 0.15) is 6.42 Å². The Hall–Kier alpha value is -1.92. The Kier molecular flexibility index (Phi) is 4.13. The molecular weight excluding hydrogens is 326 g/mol. The summed E-state index contributed by atoms with van der Waals surface area (Å²) in [6, 6.07) is 11.2. The lowest BCUT2D eigenvalue weighted by molar-refractivity contribution is 0.297. The number of benzene rings is 2. The molecule has 1 aliphatic rings. The van der Waals surface area contributed by atoms with Gasteiger partial charge in [-0.05, 0) is 24.3 Å². The number of fused-ring (bicyclic) bond motifs is 1. The van der Waals surface area contributed by atoms with Crippen LogP contribution in [0.25, 0.3) is 0 Å². The number of sulfonamides is 1. The molecule has 0 bridgehead atoms. The van der Waals surface area contributed by atoms with Gasteiger partial charge in [0.2, 0.25) is 0 Å². The highest BCUT2D eigenvalue weighted by molar-refractivity contribution is 7.92. The summed E-state index contributed by atoms with van der Waals surface area (Å²) in [7, 11) is -3.76. The first-order chi connectivity index (χ1) is 10.6. The molecule has 2 aromatic carbocycles. The Labute approximate surface area is 133 Å². The van der Waals surface area contributed by atoms with Gasteiger partial charge in [-0.25, -0.2) is 8.42 Å². The molecule has 3 rings (SSSR count). The molecule has 0 saturated carbocycles. The van der Waals surface area contributed by atoms with Crippen molar-refractivity contribution in [3.05, 3.63) is 47.5 Å². The summed E-state index contributed by atoms with van der Waals surface area (Å²) < 4.78 is 38.3. The average molecular weight is 340 g/mol. The van der Waals surface area contributed by atoms with Gasteiger partial charge in [-0.3, -0.25) is 4.72 Å². The van der Waals surface area contributed by atoms with E-state index < -0.39 is 10.0 Å². The molecule has 1 heterocycles. The third-order valence-corrected chi connectivity index (χ3v) is 5.01. The van der Waals surface area contributed by atoms with Crippen molar-refractivity contribution in [3.8, 4) is 11.5 Å². The molecule has 1 aliphatic heterocycles. The molecule has 5 nitrogen and oxygen atoms in total. The number of ether oxygens (including phenoxy) is 2. The largest absolute Gasteiger partial charge is 0.490 e. The molecule has 22 heavy (non-hydrogen) atoms. The van der Waals surface area contributed by atoms with Gasteiger partial charge in [0.15, 0.2) is 11.5 Å². The molecule has 0 unspecified atom stereocenters. The van der Waals surface area contributed by atoms with Gasteiger partial charge < -0.3 is 9.47 Å². The lowest BCUT2D eigenvalue weighted by Gasteiger charge is -2.12. The molecule has 0 atom stereocenters. The van der Waals surface area contributed by atoms with Gasteiger partial charge in [0.25, 0.3) is 10.0 Å². The minimum absolute atomic E-state index is 0.0313. The van der Waals surface area contributed by atoms with Crippen LogP contribution in [-0.4, -0.2) is 21.6 Å². The summed E-state index contributed by atoms with van der Waals surface area (Å²) in [5, 5.41) is 0.171. The highest BCUT2D eigenvalue weighted by atomic mass is 35.5. The molecule has 0 spiro atoms. The molecule has 0 saturated heterocycles. The van der Waals surface area contributed by atoms with Gasteiger partial charge in [0.05, 0.1) is 23.9 Å². The first-order valence-electron chi connectivity index (χ1n) is 6.73. The molecule has 0 radical (unpaired) electrons. The maximum Gasteiger partial charge on any atom is 0.263 e. The fourth-order valence-electron chi connectivity index (χ4n) is 2.10. The maximum absolute atomic E-state index is 12.4. The van der Waals surface area contributed by atoms with E-state index in [-0.39, 0.29) is 9.92 Å². The maximum atomic E-state index is 12.4. The predicted molar refractivity (Wildman–Crippen MR) is 84.3 cm³/mol. The van der Waals surface area contributed by atoms with E-state index in [4.69, 9.17) is 21.1 Å². The predicted octanol–water partition coefficient (Wildman–Crippen LogP) is 3.30. The molecule has 0 aromatic heterocycles. The van der Waals surface area contributed by atoms with Crippen molar-refractivity contribution in [2.45, 2.75) is 11.3 Å². The van der Waals surface area contributed by atoms with Gasteiger partial charge in [-0.2, -0.15) is 0 Å². The SMILES string of the molecule is O=S(=O)(Nc1ccc2c(c1)OCCCO2)c1ccccc1Cl. The van der Waals surface area contributed by atoms with Crippen LogP contribution < -0.4 is 14.2 Å². The van der Waals surface area contributed by atoms with Crippen molar-refractivity contribution in [3.63, 3.8) is 0 Å². The van der Waals surface area contributed by atoms with Crippen LogP contribution in [0.15, 0.2) is 47.4 Å². The Morgan fingerprint density at radius 1 is 1.00 bits per heavy atom. The lowest BCUT2D eigenvalue weighted by atomic mass is 10.3. The Morgan fingerprint density at radius 2 is 1.73 bits per heavy atom. The van der Waals surface area contributed by atoms with E-state index in [2.05, 4.69) is 4.72 Å². The van der Waals surface area contributed by atoms with Gasteiger partial charge >= 0.3 is 0 Å². The van der Waals surface area contributed by atoms with Crippen molar-refractivity contribution in [2.75, 3.05) is 17.9 Å². The third-order valence-electron chi connectivity index (χ3n) is 3.13. The summed E-state index contributed by atoms with van der Waals surface area (Å²) in [4.78, 5) is 0.0313. The van der Waals surface area contributed by atoms with Crippen molar-refractivity contribution >= 4 is 27.3 Å². The standard InChI is InChI=1S/C15H14ClNO4S/c16-12-4-1-2-5-15(12)22(18,19)17-11-6-7-13-14(10-11)21-9-3-8-20-13/h1-2,4-7,10,17H,3,8-9H2. The average Bonchev–Trinajstić information content (AvgIpc) is 2.72. The lowest BCUT2D eigenvalue weighted by Crippen LogP contribution is -2.13. The van der Waals surface area contributed by atoms with Crippen molar-refractivity contribution in [1.82, 2.24) is 0 Å². The van der Waals surface area contributed by atoms with Crippen LogP contribution in [0.2, 0.25) is 5.02 Å². The monoisotopic (exact) mass is 339 g/mol. The number of halogens is 1.